The van der Waals surface area contributed by atoms with Crippen molar-refractivity contribution >= 4 is 21.7 Å². The van der Waals surface area contributed by atoms with Crippen LogP contribution in [-0.4, -0.2) is 31.7 Å². The molecule has 0 bridgehead atoms. The van der Waals surface area contributed by atoms with Crippen LogP contribution in [0.3, 0.4) is 0 Å². The molecule has 0 saturated heterocycles. The molecule has 0 radical (unpaired) electrons. The molecular weight excluding hydrogens is 479 g/mol. The molecule has 0 aromatic heterocycles. The predicted octanol–water partition coefficient (Wildman–Crippen LogP) is 4.36. The number of nitrogens with one attached hydrogen (secondary N) is 2. The molecule has 3 aromatic carbocycles. The van der Waals surface area contributed by atoms with Crippen molar-refractivity contribution in [2.45, 2.75) is 57.0 Å². The van der Waals surface area contributed by atoms with Gasteiger partial charge in [0, 0.05) is 17.5 Å². The highest BCUT2D eigenvalue weighted by Crippen LogP contribution is 2.19. The summed E-state index contributed by atoms with van der Waals surface area (Å²) < 4.78 is 41.2. The van der Waals surface area contributed by atoms with Gasteiger partial charge in [0.2, 0.25) is 10.0 Å². The highest BCUT2D eigenvalue weighted by Gasteiger charge is 2.25. The smallest absolute Gasteiger partial charge is 0.251 e. The van der Waals surface area contributed by atoms with Crippen LogP contribution in [0.4, 0.5) is 4.39 Å². The Hall–Kier alpha value is -3.36. The Morgan fingerprint density at radius 1 is 0.944 bits per heavy atom. The third-order valence-corrected chi connectivity index (χ3v) is 7.27. The normalized spacial score (nSPS) is 12.7. The number of rotatable bonds is 9. The summed E-state index contributed by atoms with van der Waals surface area (Å²) in [5, 5.41) is 2.79. The largest absolute Gasteiger partial charge is 0.342 e. The SMILES string of the molecule is Cc1cc(S(=O)(=O)NC(C)(C)C)ccc1CC(=O)[C@H](Cc1ccccc1)NC(=O)c1ccc(F)cc1. The first-order valence-electron chi connectivity index (χ1n) is 11.6. The summed E-state index contributed by atoms with van der Waals surface area (Å²) in [6, 6.07) is 18.3. The minimum atomic E-state index is -3.71. The van der Waals surface area contributed by atoms with Gasteiger partial charge in [0.1, 0.15) is 5.82 Å². The average Bonchev–Trinajstić information content (AvgIpc) is 2.79. The summed E-state index contributed by atoms with van der Waals surface area (Å²) in [4.78, 5) is 26.3. The second-order valence-corrected chi connectivity index (χ2v) is 11.5. The molecule has 0 aliphatic carbocycles. The Balaban J connectivity index is 1.82. The summed E-state index contributed by atoms with van der Waals surface area (Å²) in [5.74, 6) is -1.15. The minimum Gasteiger partial charge on any atom is -0.342 e. The van der Waals surface area contributed by atoms with Gasteiger partial charge in [-0.2, -0.15) is 0 Å². The van der Waals surface area contributed by atoms with Crippen LogP contribution in [0.25, 0.3) is 0 Å². The van der Waals surface area contributed by atoms with Crippen LogP contribution in [0.1, 0.15) is 47.8 Å². The fourth-order valence-electron chi connectivity index (χ4n) is 3.74. The van der Waals surface area contributed by atoms with Crippen LogP contribution in [0.5, 0.6) is 0 Å². The molecule has 3 aromatic rings. The van der Waals surface area contributed by atoms with Crippen LogP contribution in [0.2, 0.25) is 0 Å². The number of carbonyl (C=O) groups is 2. The third-order valence-electron chi connectivity index (χ3n) is 5.51. The van der Waals surface area contributed by atoms with Gasteiger partial charge >= 0.3 is 0 Å². The van der Waals surface area contributed by atoms with Gasteiger partial charge in [-0.05, 0) is 87.2 Å². The monoisotopic (exact) mass is 510 g/mol. The Morgan fingerprint density at radius 2 is 1.58 bits per heavy atom. The molecule has 36 heavy (non-hydrogen) atoms. The van der Waals surface area contributed by atoms with Crippen molar-refractivity contribution in [2.24, 2.45) is 0 Å². The number of halogens is 1. The number of sulfonamides is 1. The van der Waals surface area contributed by atoms with Crippen molar-refractivity contribution in [2.75, 3.05) is 0 Å². The number of ketones is 1. The molecule has 6 nitrogen and oxygen atoms in total. The molecule has 1 atom stereocenters. The first-order valence-corrected chi connectivity index (χ1v) is 13.1. The van der Waals surface area contributed by atoms with Gasteiger partial charge < -0.3 is 5.32 Å². The van der Waals surface area contributed by atoms with Gasteiger partial charge in [-0.1, -0.05) is 36.4 Å². The second-order valence-electron chi connectivity index (χ2n) is 9.81. The minimum absolute atomic E-state index is 0.0139. The number of Topliss-reactive ketones (excluding diaryl/α,β-unsaturated/α-hetero) is 1. The van der Waals surface area contributed by atoms with Crippen LogP contribution in [0.15, 0.2) is 77.7 Å². The maximum absolute atomic E-state index is 13.4. The van der Waals surface area contributed by atoms with Gasteiger partial charge in [0.25, 0.3) is 5.91 Å². The van der Waals surface area contributed by atoms with Crippen molar-refractivity contribution in [1.82, 2.24) is 10.0 Å². The molecule has 2 N–H and O–H groups in total. The van der Waals surface area contributed by atoms with Crippen molar-refractivity contribution < 1.29 is 22.4 Å². The number of amides is 1. The van der Waals surface area contributed by atoms with Crippen molar-refractivity contribution in [1.29, 1.82) is 0 Å². The highest BCUT2D eigenvalue weighted by molar-refractivity contribution is 7.89. The third kappa shape index (κ3) is 7.57. The lowest BCUT2D eigenvalue weighted by atomic mass is 9.95. The average molecular weight is 511 g/mol. The molecular formula is C28H31FN2O4S. The molecule has 0 unspecified atom stereocenters. The van der Waals surface area contributed by atoms with E-state index in [9.17, 15) is 22.4 Å². The molecule has 8 heteroatoms. The van der Waals surface area contributed by atoms with E-state index in [1.54, 1.807) is 39.8 Å². The van der Waals surface area contributed by atoms with Gasteiger partial charge in [0.05, 0.1) is 10.9 Å². The zero-order valence-corrected chi connectivity index (χ0v) is 21.7. The molecule has 0 saturated carbocycles. The maximum atomic E-state index is 13.4. The van der Waals surface area contributed by atoms with E-state index >= 15 is 0 Å². The first-order chi connectivity index (χ1) is 16.8. The number of benzene rings is 3. The van der Waals surface area contributed by atoms with Crippen LogP contribution in [-0.2, 0) is 27.7 Å². The van der Waals surface area contributed by atoms with E-state index < -0.39 is 33.3 Å². The van der Waals surface area contributed by atoms with Crippen LogP contribution in [0, 0.1) is 12.7 Å². The van der Waals surface area contributed by atoms with E-state index in [0.717, 1.165) is 5.56 Å². The Kier molecular flexibility index (Phi) is 8.43. The van der Waals surface area contributed by atoms with E-state index in [1.165, 1.54) is 30.3 Å². The topological polar surface area (TPSA) is 92.3 Å². The van der Waals surface area contributed by atoms with Gasteiger partial charge in [-0.15, -0.1) is 0 Å². The van der Waals surface area contributed by atoms with Crippen LogP contribution >= 0.6 is 0 Å². The molecule has 0 fully saturated rings. The Morgan fingerprint density at radius 3 is 2.17 bits per heavy atom. The standard InChI is InChI=1S/C28H31FN2O4S/c1-19-16-24(36(34,35)31-28(2,3)4)15-12-22(19)18-26(32)25(17-20-8-6-5-7-9-20)30-27(33)21-10-13-23(29)14-11-21/h5-16,25,31H,17-18H2,1-4H3,(H,30,33)/t25-/m0/s1. The molecule has 0 aliphatic rings. The Labute approximate surface area is 212 Å². The predicted molar refractivity (Wildman–Crippen MR) is 138 cm³/mol. The van der Waals surface area contributed by atoms with E-state index in [0.29, 0.717) is 11.1 Å². The van der Waals surface area contributed by atoms with E-state index in [4.69, 9.17) is 0 Å². The molecule has 190 valence electrons. The Bertz CT molecular complexity index is 1330. The zero-order chi connectivity index (χ0) is 26.5. The summed E-state index contributed by atoms with van der Waals surface area (Å²) in [7, 11) is -3.71. The molecule has 0 heterocycles. The molecule has 0 spiro atoms. The lowest BCUT2D eigenvalue weighted by Gasteiger charge is -2.21. The number of aryl methyl sites for hydroxylation is 1. The summed E-state index contributed by atoms with van der Waals surface area (Å²) in [6.45, 7) is 7.04. The van der Waals surface area contributed by atoms with E-state index in [1.807, 2.05) is 30.3 Å². The molecule has 1 amide bonds. The molecule has 3 rings (SSSR count). The van der Waals surface area contributed by atoms with Gasteiger partial charge in [0.15, 0.2) is 5.78 Å². The lowest BCUT2D eigenvalue weighted by molar-refractivity contribution is -0.120. The van der Waals surface area contributed by atoms with Gasteiger partial charge in [-0.3, -0.25) is 9.59 Å². The van der Waals surface area contributed by atoms with Crippen molar-refractivity contribution in [3.8, 4) is 0 Å². The fourth-order valence-corrected chi connectivity index (χ4v) is 5.25. The maximum Gasteiger partial charge on any atom is 0.251 e. The number of hydrogen-bond donors (Lipinski definition) is 2. The quantitative estimate of drug-likeness (QED) is 0.447. The van der Waals surface area contributed by atoms with E-state index in [-0.39, 0.29) is 29.1 Å². The summed E-state index contributed by atoms with van der Waals surface area (Å²) in [6.07, 6.45) is 0.299. The summed E-state index contributed by atoms with van der Waals surface area (Å²) in [5.41, 5.74) is 1.82. The fraction of sp³-hybridized carbons (Fsp3) is 0.286. The van der Waals surface area contributed by atoms with E-state index in [2.05, 4.69) is 10.0 Å². The van der Waals surface area contributed by atoms with Crippen molar-refractivity contribution in [3.05, 3.63) is 101 Å². The van der Waals surface area contributed by atoms with Crippen molar-refractivity contribution in [3.63, 3.8) is 0 Å². The second kappa shape index (κ2) is 11.1. The molecule has 0 aliphatic heterocycles. The lowest BCUT2D eigenvalue weighted by Crippen LogP contribution is -2.43. The van der Waals surface area contributed by atoms with Crippen LogP contribution < -0.4 is 10.0 Å². The number of carbonyl (C=O) groups excluding carboxylic acids is 2. The summed E-state index contributed by atoms with van der Waals surface area (Å²) >= 11 is 0. The number of hydrogen-bond acceptors (Lipinski definition) is 4. The van der Waals surface area contributed by atoms with Gasteiger partial charge in [-0.25, -0.2) is 17.5 Å². The zero-order valence-electron chi connectivity index (χ0n) is 20.8. The first kappa shape index (κ1) is 27.2. The highest BCUT2D eigenvalue weighted by atomic mass is 32.2.